The minimum absolute atomic E-state index is 0.332. The summed E-state index contributed by atoms with van der Waals surface area (Å²) in [5.41, 5.74) is 7.01. The minimum Gasteiger partial charge on any atom is -0.495 e. The maximum atomic E-state index is 5.94. The molecule has 0 bridgehead atoms. The van der Waals surface area contributed by atoms with Crippen molar-refractivity contribution >= 4 is 40.4 Å². The van der Waals surface area contributed by atoms with Gasteiger partial charge in [-0.3, -0.25) is 0 Å². The number of nitrogens with two attached hydrogens (primary N) is 1. The number of nitrogens with one attached hydrogen (secondary N) is 1. The second kappa shape index (κ2) is 5.33. The normalized spacial score (nSPS) is 10.2. The number of aromatic nitrogens is 1. The summed E-state index contributed by atoms with van der Waals surface area (Å²) in [6, 6.07) is 8.57. The van der Waals surface area contributed by atoms with Crippen LogP contribution in [-0.2, 0) is 0 Å². The molecule has 3 N–H and O–H groups in total. The van der Waals surface area contributed by atoms with Gasteiger partial charge in [-0.15, -0.1) is 0 Å². The summed E-state index contributed by atoms with van der Waals surface area (Å²) in [6.07, 6.45) is 0. The smallest absolute Gasteiger partial charge is 0.139 e. The zero-order valence-electron chi connectivity index (χ0n) is 9.58. The van der Waals surface area contributed by atoms with E-state index < -0.39 is 0 Å². The highest BCUT2D eigenvalue weighted by Crippen LogP contribution is 2.29. The molecule has 0 amide bonds. The number of hydrogen-bond donors (Lipinski definition) is 2. The zero-order valence-corrected chi connectivity index (χ0v) is 11.1. The first-order valence-corrected chi connectivity index (χ1v) is 5.87. The fourth-order valence-corrected chi connectivity index (χ4v) is 1.88. The van der Waals surface area contributed by atoms with Crippen LogP contribution in [0.2, 0.25) is 10.2 Å². The Morgan fingerprint density at radius 3 is 2.67 bits per heavy atom. The molecule has 0 spiro atoms. The summed E-state index contributed by atoms with van der Waals surface area (Å²) in [5, 5.41) is 3.95. The van der Waals surface area contributed by atoms with E-state index in [2.05, 4.69) is 10.3 Å². The Labute approximate surface area is 115 Å². The van der Waals surface area contributed by atoms with Gasteiger partial charge in [0.2, 0.25) is 0 Å². The van der Waals surface area contributed by atoms with Gasteiger partial charge in [0, 0.05) is 23.5 Å². The van der Waals surface area contributed by atoms with Gasteiger partial charge in [-0.25, -0.2) is 4.98 Å². The van der Waals surface area contributed by atoms with Crippen molar-refractivity contribution in [1.82, 2.24) is 4.98 Å². The topological polar surface area (TPSA) is 60.2 Å². The summed E-state index contributed by atoms with van der Waals surface area (Å²) < 4.78 is 5.13. The average Bonchev–Trinajstić information content (AvgIpc) is 2.30. The van der Waals surface area contributed by atoms with Crippen molar-refractivity contribution in [3.63, 3.8) is 0 Å². The lowest BCUT2D eigenvalue weighted by Gasteiger charge is -2.09. The van der Waals surface area contributed by atoms with Crippen LogP contribution in [0.15, 0.2) is 30.3 Å². The highest BCUT2D eigenvalue weighted by atomic mass is 35.5. The van der Waals surface area contributed by atoms with Crippen LogP contribution in [0.25, 0.3) is 0 Å². The molecule has 0 atom stereocenters. The van der Waals surface area contributed by atoms with Crippen LogP contribution in [0.1, 0.15) is 0 Å². The van der Waals surface area contributed by atoms with E-state index in [1.54, 1.807) is 31.4 Å². The van der Waals surface area contributed by atoms with Crippen molar-refractivity contribution in [3.8, 4) is 5.75 Å². The molecule has 4 nitrogen and oxygen atoms in total. The SMILES string of the molecule is COc1cc(Nc2cc(N)cc(Cl)n2)ccc1Cl. The van der Waals surface area contributed by atoms with Crippen LogP contribution >= 0.6 is 23.2 Å². The summed E-state index contributed by atoms with van der Waals surface area (Å²) >= 11 is 11.8. The van der Waals surface area contributed by atoms with Gasteiger partial charge in [0.05, 0.1) is 12.1 Å². The van der Waals surface area contributed by atoms with E-state index in [0.29, 0.717) is 27.4 Å². The van der Waals surface area contributed by atoms with Gasteiger partial charge in [-0.1, -0.05) is 23.2 Å². The molecule has 0 unspecified atom stereocenters. The third-order valence-electron chi connectivity index (χ3n) is 2.24. The first kappa shape index (κ1) is 12.8. The van der Waals surface area contributed by atoms with Crippen molar-refractivity contribution < 1.29 is 4.74 Å². The fraction of sp³-hybridized carbons (Fsp3) is 0.0833. The molecule has 1 aromatic heterocycles. The molecule has 1 aromatic carbocycles. The number of halogens is 2. The van der Waals surface area contributed by atoms with Gasteiger partial charge in [0.1, 0.15) is 16.7 Å². The van der Waals surface area contributed by atoms with Crippen LogP contribution in [0, 0.1) is 0 Å². The summed E-state index contributed by atoms with van der Waals surface area (Å²) in [7, 11) is 1.56. The maximum absolute atomic E-state index is 5.94. The number of methoxy groups -OCH3 is 1. The molecule has 2 aromatic rings. The molecular formula is C12H11Cl2N3O. The molecule has 94 valence electrons. The van der Waals surface area contributed by atoms with E-state index in [1.807, 2.05) is 6.07 Å². The Morgan fingerprint density at radius 2 is 2.00 bits per heavy atom. The second-order valence-corrected chi connectivity index (χ2v) is 4.38. The largest absolute Gasteiger partial charge is 0.495 e. The molecule has 0 radical (unpaired) electrons. The summed E-state index contributed by atoms with van der Waals surface area (Å²) in [5.74, 6) is 1.14. The van der Waals surface area contributed by atoms with Crippen molar-refractivity contribution in [1.29, 1.82) is 0 Å². The van der Waals surface area contributed by atoms with Crippen LogP contribution in [0.3, 0.4) is 0 Å². The highest BCUT2D eigenvalue weighted by Gasteiger charge is 2.04. The fourth-order valence-electron chi connectivity index (χ4n) is 1.47. The predicted molar refractivity (Wildman–Crippen MR) is 74.9 cm³/mol. The number of pyridine rings is 1. The van der Waals surface area contributed by atoms with Crippen molar-refractivity contribution in [2.45, 2.75) is 0 Å². The molecular weight excluding hydrogens is 273 g/mol. The molecule has 1 heterocycles. The Kier molecular flexibility index (Phi) is 3.79. The number of benzene rings is 1. The molecule has 0 fully saturated rings. The second-order valence-electron chi connectivity index (χ2n) is 3.58. The number of nitrogens with zero attached hydrogens (tertiary/aromatic N) is 1. The number of ether oxygens (including phenoxy) is 1. The Bertz CT molecular complexity index is 555. The molecule has 18 heavy (non-hydrogen) atoms. The Balaban J connectivity index is 2.28. The Hall–Kier alpha value is -1.65. The number of nitrogen functional groups attached to an aromatic ring is 1. The summed E-state index contributed by atoms with van der Waals surface area (Å²) in [6.45, 7) is 0. The molecule has 0 aliphatic heterocycles. The Morgan fingerprint density at radius 1 is 1.22 bits per heavy atom. The quantitative estimate of drug-likeness (QED) is 0.843. The van der Waals surface area contributed by atoms with Crippen LogP contribution in [0.4, 0.5) is 17.2 Å². The lowest BCUT2D eigenvalue weighted by Crippen LogP contribution is -1.96. The third kappa shape index (κ3) is 2.97. The van der Waals surface area contributed by atoms with Gasteiger partial charge in [0.25, 0.3) is 0 Å². The van der Waals surface area contributed by atoms with E-state index in [4.69, 9.17) is 33.7 Å². The lowest BCUT2D eigenvalue weighted by atomic mass is 10.3. The molecule has 6 heteroatoms. The number of anilines is 3. The molecule has 0 saturated carbocycles. The van der Waals surface area contributed by atoms with E-state index in [9.17, 15) is 0 Å². The lowest BCUT2D eigenvalue weighted by molar-refractivity contribution is 0.415. The standard InChI is InChI=1S/C12H11Cl2N3O/c1-18-10-6-8(2-3-9(10)13)16-12-5-7(15)4-11(14)17-12/h2-6H,1H3,(H3,15,16,17). The van der Waals surface area contributed by atoms with E-state index in [1.165, 1.54) is 0 Å². The van der Waals surface area contributed by atoms with Gasteiger partial charge < -0.3 is 15.8 Å². The zero-order chi connectivity index (χ0) is 13.1. The van der Waals surface area contributed by atoms with E-state index in [0.717, 1.165) is 5.69 Å². The van der Waals surface area contributed by atoms with Gasteiger partial charge in [0.15, 0.2) is 0 Å². The summed E-state index contributed by atoms with van der Waals surface area (Å²) in [4.78, 5) is 4.11. The van der Waals surface area contributed by atoms with E-state index >= 15 is 0 Å². The minimum atomic E-state index is 0.332. The monoisotopic (exact) mass is 283 g/mol. The number of hydrogen-bond acceptors (Lipinski definition) is 4. The molecule has 0 aliphatic carbocycles. The molecule has 0 aliphatic rings. The highest BCUT2D eigenvalue weighted by molar-refractivity contribution is 6.32. The first-order valence-electron chi connectivity index (χ1n) is 5.12. The van der Waals surface area contributed by atoms with Gasteiger partial charge in [-0.2, -0.15) is 0 Å². The average molecular weight is 284 g/mol. The van der Waals surface area contributed by atoms with Gasteiger partial charge >= 0.3 is 0 Å². The maximum Gasteiger partial charge on any atom is 0.139 e. The third-order valence-corrected chi connectivity index (χ3v) is 2.75. The van der Waals surface area contributed by atoms with Crippen molar-refractivity contribution in [2.24, 2.45) is 0 Å². The van der Waals surface area contributed by atoms with Gasteiger partial charge in [-0.05, 0) is 18.2 Å². The van der Waals surface area contributed by atoms with E-state index in [-0.39, 0.29) is 0 Å². The van der Waals surface area contributed by atoms with Crippen molar-refractivity contribution in [2.75, 3.05) is 18.2 Å². The molecule has 0 saturated heterocycles. The van der Waals surface area contributed by atoms with Crippen molar-refractivity contribution in [3.05, 3.63) is 40.5 Å². The first-order chi connectivity index (χ1) is 8.58. The predicted octanol–water partition coefficient (Wildman–Crippen LogP) is 3.72. The van der Waals surface area contributed by atoms with Crippen LogP contribution in [0.5, 0.6) is 5.75 Å². The number of rotatable bonds is 3. The van der Waals surface area contributed by atoms with Crippen LogP contribution in [-0.4, -0.2) is 12.1 Å². The van der Waals surface area contributed by atoms with Crippen LogP contribution < -0.4 is 15.8 Å². The molecule has 2 rings (SSSR count).